The van der Waals surface area contributed by atoms with Crippen molar-refractivity contribution >= 4 is 39.4 Å². The number of hydrogen-bond acceptors (Lipinski definition) is 3. The van der Waals surface area contributed by atoms with Gasteiger partial charge in [0, 0.05) is 21.9 Å². The Labute approximate surface area is 154 Å². The Bertz CT molecular complexity index is 1150. The number of rotatable bonds is 3. The number of carboxylic acids is 1. The highest BCUT2D eigenvalue weighted by molar-refractivity contribution is 6.37. The van der Waals surface area contributed by atoms with E-state index in [2.05, 4.69) is 24.0 Å². The highest BCUT2D eigenvalue weighted by atomic mass is 35.5. The zero-order valence-electron chi connectivity index (χ0n) is 14.2. The van der Waals surface area contributed by atoms with Crippen LogP contribution in [0.1, 0.15) is 35.7 Å². The Morgan fingerprint density at radius 2 is 1.92 bits per heavy atom. The van der Waals surface area contributed by atoms with Crippen molar-refractivity contribution in [1.29, 1.82) is 0 Å². The van der Waals surface area contributed by atoms with Crippen molar-refractivity contribution in [2.75, 3.05) is 0 Å². The number of nitrogens with zero attached hydrogens (tertiary/aromatic N) is 2. The number of carboxylic acid groups (broad SMARTS) is 1. The average molecular weight is 366 g/mol. The van der Waals surface area contributed by atoms with Crippen molar-refractivity contribution in [3.8, 4) is 11.3 Å². The average Bonchev–Trinajstić information content (AvgIpc) is 3.07. The highest BCUT2D eigenvalue weighted by Crippen LogP contribution is 2.39. The molecule has 130 valence electrons. The third-order valence-corrected chi connectivity index (χ3v) is 4.91. The topological polar surface area (TPSA) is 78.9 Å². The second-order valence-electron chi connectivity index (χ2n) is 6.55. The summed E-state index contributed by atoms with van der Waals surface area (Å²) in [5.41, 5.74) is 4.47. The van der Waals surface area contributed by atoms with Gasteiger partial charge in [-0.1, -0.05) is 37.6 Å². The highest BCUT2D eigenvalue weighted by Gasteiger charge is 2.19. The first kappa shape index (κ1) is 16.5. The maximum Gasteiger partial charge on any atom is 0.335 e. The molecular weight excluding hydrogens is 350 g/mol. The Balaban J connectivity index is 2.01. The molecule has 5 nitrogen and oxygen atoms in total. The smallest absolute Gasteiger partial charge is 0.335 e. The molecule has 0 amide bonds. The minimum absolute atomic E-state index is 0.161. The lowest BCUT2D eigenvalue weighted by atomic mass is 9.94. The van der Waals surface area contributed by atoms with E-state index in [1.165, 1.54) is 0 Å². The standard InChI is InChI=1S/C20H16ClN3O2/c1-10(2)17-18(21)14-7-13-9-22-24-15(13)8-16(14)23-19(17)11-3-5-12(6-4-11)20(25)26/h3-10H,1-2H3,(H,22,24)(H,25,26). The summed E-state index contributed by atoms with van der Waals surface area (Å²) in [6.45, 7) is 4.14. The van der Waals surface area contributed by atoms with Crippen LogP contribution in [0.4, 0.5) is 0 Å². The van der Waals surface area contributed by atoms with E-state index in [1.54, 1.807) is 30.5 Å². The van der Waals surface area contributed by atoms with Gasteiger partial charge in [-0.05, 0) is 30.2 Å². The van der Waals surface area contributed by atoms with E-state index in [0.29, 0.717) is 5.02 Å². The molecule has 0 bridgehead atoms. The molecule has 0 radical (unpaired) electrons. The van der Waals surface area contributed by atoms with E-state index in [0.717, 1.165) is 38.6 Å². The summed E-state index contributed by atoms with van der Waals surface area (Å²) in [6, 6.07) is 10.6. The van der Waals surface area contributed by atoms with Crippen LogP contribution < -0.4 is 0 Å². The molecule has 0 saturated heterocycles. The third kappa shape index (κ3) is 2.61. The van der Waals surface area contributed by atoms with Gasteiger partial charge in [0.05, 0.1) is 33.5 Å². The van der Waals surface area contributed by atoms with E-state index in [-0.39, 0.29) is 11.5 Å². The summed E-state index contributed by atoms with van der Waals surface area (Å²) in [6.07, 6.45) is 1.76. The number of halogens is 1. The second-order valence-corrected chi connectivity index (χ2v) is 6.93. The van der Waals surface area contributed by atoms with Gasteiger partial charge in [0.2, 0.25) is 0 Å². The monoisotopic (exact) mass is 365 g/mol. The zero-order valence-corrected chi connectivity index (χ0v) is 15.0. The van der Waals surface area contributed by atoms with Crippen molar-refractivity contribution in [3.05, 3.63) is 58.7 Å². The quantitative estimate of drug-likeness (QED) is 0.519. The fourth-order valence-electron chi connectivity index (χ4n) is 3.20. The second kappa shape index (κ2) is 6.11. The van der Waals surface area contributed by atoms with Crippen molar-refractivity contribution in [1.82, 2.24) is 15.2 Å². The van der Waals surface area contributed by atoms with Crippen LogP contribution in [0.5, 0.6) is 0 Å². The number of H-pyrrole nitrogens is 1. The number of carbonyl (C=O) groups is 1. The SMILES string of the molecule is CC(C)c1c(-c2ccc(C(=O)O)cc2)nc2cc3[nH]ncc3cc2c1Cl. The lowest BCUT2D eigenvalue weighted by molar-refractivity contribution is 0.0697. The number of hydrogen-bond donors (Lipinski definition) is 2. The number of aromatic amines is 1. The first-order valence-electron chi connectivity index (χ1n) is 8.25. The normalized spacial score (nSPS) is 11.5. The van der Waals surface area contributed by atoms with Crippen LogP contribution in [0, 0.1) is 0 Å². The number of benzene rings is 2. The van der Waals surface area contributed by atoms with Gasteiger partial charge in [0.25, 0.3) is 0 Å². The number of pyridine rings is 1. The van der Waals surface area contributed by atoms with E-state index in [1.807, 2.05) is 12.1 Å². The lowest BCUT2D eigenvalue weighted by Crippen LogP contribution is -2.00. The van der Waals surface area contributed by atoms with Crippen molar-refractivity contribution < 1.29 is 9.90 Å². The van der Waals surface area contributed by atoms with E-state index < -0.39 is 5.97 Å². The molecular formula is C20H16ClN3O2. The molecule has 0 atom stereocenters. The van der Waals surface area contributed by atoms with Crippen molar-refractivity contribution in [3.63, 3.8) is 0 Å². The molecule has 26 heavy (non-hydrogen) atoms. The van der Waals surface area contributed by atoms with Crippen molar-refractivity contribution in [2.24, 2.45) is 0 Å². The third-order valence-electron chi connectivity index (χ3n) is 4.50. The number of aromatic nitrogens is 3. The molecule has 6 heteroatoms. The maximum atomic E-state index is 11.1. The molecule has 2 N–H and O–H groups in total. The summed E-state index contributed by atoms with van der Waals surface area (Å²) in [5.74, 6) is -0.791. The van der Waals surface area contributed by atoms with Crippen LogP contribution >= 0.6 is 11.6 Å². The van der Waals surface area contributed by atoms with Gasteiger partial charge in [-0.25, -0.2) is 9.78 Å². The van der Waals surface area contributed by atoms with Gasteiger partial charge in [-0.15, -0.1) is 0 Å². The molecule has 0 fully saturated rings. The van der Waals surface area contributed by atoms with E-state index >= 15 is 0 Å². The van der Waals surface area contributed by atoms with Gasteiger partial charge in [0.1, 0.15) is 0 Å². The van der Waals surface area contributed by atoms with Crippen LogP contribution in [-0.4, -0.2) is 26.3 Å². The minimum atomic E-state index is -0.952. The minimum Gasteiger partial charge on any atom is -0.478 e. The predicted molar refractivity (Wildman–Crippen MR) is 103 cm³/mol. The van der Waals surface area contributed by atoms with Gasteiger partial charge < -0.3 is 5.11 Å². The van der Waals surface area contributed by atoms with Crippen LogP contribution in [0.25, 0.3) is 33.1 Å². The summed E-state index contributed by atoms with van der Waals surface area (Å²) in [5, 5.41) is 18.7. The van der Waals surface area contributed by atoms with Gasteiger partial charge in [-0.3, -0.25) is 5.10 Å². The molecule has 2 aromatic carbocycles. The first-order chi connectivity index (χ1) is 12.5. The molecule has 4 aromatic rings. The Morgan fingerprint density at radius 1 is 1.19 bits per heavy atom. The number of aromatic carboxylic acids is 1. The molecule has 0 aliphatic heterocycles. The van der Waals surface area contributed by atoms with Crippen LogP contribution in [0.3, 0.4) is 0 Å². The summed E-state index contributed by atoms with van der Waals surface area (Å²) in [7, 11) is 0. The largest absolute Gasteiger partial charge is 0.478 e. The Morgan fingerprint density at radius 3 is 2.58 bits per heavy atom. The van der Waals surface area contributed by atoms with E-state index in [4.69, 9.17) is 21.7 Å². The molecule has 0 unspecified atom stereocenters. The van der Waals surface area contributed by atoms with Gasteiger partial charge in [-0.2, -0.15) is 5.10 Å². The van der Waals surface area contributed by atoms with Crippen molar-refractivity contribution in [2.45, 2.75) is 19.8 Å². The fourth-order valence-corrected chi connectivity index (χ4v) is 3.65. The van der Waals surface area contributed by atoms with Gasteiger partial charge >= 0.3 is 5.97 Å². The summed E-state index contributed by atoms with van der Waals surface area (Å²) < 4.78 is 0. The Kier molecular flexibility index (Phi) is 3.89. The molecule has 0 spiro atoms. The van der Waals surface area contributed by atoms with Crippen LogP contribution in [-0.2, 0) is 0 Å². The first-order valence-corrected chi connectivity index (χ1v) is 8.63. The predicted octanol–water partition coefficient (Wildman–Crippen LogP) is 5.25. The molecule has 0 saturated carbocycles. The van der Waals surface area contributed by atoms with Gasteiger partial charge in [0.15, 0.2) is 0 Å². The molecule has 2 heterocycles. The van der Waals surface area contributed by atoms with Crippen LogP contribution in [0.15, 0.2) is 42.6 Å². The molecule has 0 aliphatic rings. The number of nitrogens with one attached hydrogen (secondary N) is 1. The lowest BCUT2D eigenvalue weighted by Gasteiger charge is -2.17. The summed E-state index contributed by atoms with van der Waals surface area (Å²) in [4.78, 5) is 16.0. The van der Waals surface area contributed by atoms with E-state index in [9.17, 15) is 4.79 Å². The summed E-state index contributed by atoms with van der Waals surface area (Å²) >= 11 is 6.78. The fraction of sp³-hybridized carbons (Fsp3) is 0.150. The zero-order chi connectivity index (χ0) is 18.4. The van der Waals surface area contributed by atoms with Crippen LogP contribution in [0.2, 0.25) is 5.02 Å². The Hall–Kier alpha value is -2.92. The molecule has 4 rings (SSSR count). The maximum absolute atomic E-state index is 11.1. The number of fused-ring (bicyclic) bond motifs is 2. The molecule has 0 aliphatic carbocycles. The molecule has 2 aromatic heterocycles.